The predicted molar refractivity (Wildman–Crippen MR) is 85.3 cm³/mol. The number of nitrogens with one attached hydrogen (secondary N) is 1. The molecule has 2 aliphatic heterocycles. The van der Waals surface area contributed by atoms with Gasteiger partial charge in [-0.2, -0.15) is 0 Å². The summed E-state index contributed by atoms with van der Waals surface area (Å²) in [6.45, 7) is 4.81. The van der Waals surface area contributed by atoms with E-state index in [0.29, 0.717) is 18.5 Å². The highest BCUT2D eigenvalue weighted by molar-refractivity contribution is 5.78. The van der Waals surface area contributed by atoms with Gasteiger partial charge >= 0.3 is 0 Å². The summed E-state index contributed by atoms with van der Waals surface area (Å²) in [7, 11) is 0. The molecule has 2 saturated heterocycles. The van der Waals surface area contributed by atoms with Gasteiger partial charge in [-0.05, 0) is 45.1 Å². The summed E-state index contributed by atoms with van der Waals surface area (Å²) in [6, 6.07) is 1.35. The van der Waals surface area contributed by atoms with Gasteiger partial charge in [-0.3, -0.25) is 9.69 Å². The van der Waals surface area contributed by atoms with Crippen LogP contribution in [0.5, 0.6) is 0 Å². The van der Waals surface area contributed by atoms with E-state index in [9.17, 15) is 4.79 Å². The number of nitrogens with zero attached hydrogens (tertiary/aromatic N) is 2. The summed E-state index contributed by atoms with van der Waals surface area (Å²) < 4.78 is 0. The number of hydrogen-bond donors (Lipinski definition) is 1. The second-order valence-electron chi connectivity index (χ2n) is 7.10. The van der Waals surface area contributed by atoms with Gasteiger partial charge in [-0.1, -0.05) is 19.3 Å². The predicted octanol–water partition coefficient (Wildman–Crippen LogP) is 2.00. The minimum Gasteiger partial charge on any atom is -0.342 e. The summed E-state index contributed by atoms with van der Waals surface area (Å²) in [5.41, 5.74) is 0. The van der Waals surface area contributed by atoms with Crippen molar-refractivity contribution in [3.05, 3.63) is 0 Å². The standard InChI is InChI=1S/C17H31N3O/c21-17(19-10-4-1-2-5-11-19)14-20-12-6-3-7-16(20)13-18-15-8-9-15/h15-16,18H,1-14H2. The van der Waals surface area contributed by atoms with Gasteiger partial charge in [-0.15, -0.1) is 0 Å². The number of rotatable bonds is 5. The van der Waals surface area contributed by atoms with E-state index in [0.717, 1.165) is 32.2 Å². The van der Waals surface area contributed by atoms with E-state index in [1.165, 1.54) is 57.8 Å². The van der Waals surface area contributed by atoms with Gasteiger partial charge in [0.1, 0.15) is 0 Å². The third-order valence-corrected chi connectivity index (χ3v) is 5.27. The van der Waals surface area contributed by atoms with Crippen LogP contribution in [0.3, 0.4) is 0 Å². The van der Waals surface area contributed by atoms with Crippen LogP contribution in [0.1, 0.15) is 57.8 Å². The third kappa shape index (κ3) is 4.68. The Morgan fingerprint density at radius 1 is 0.905 bits per heavy atom. The highest BCUT2D eigenvalue weighted by atomic mass is 16.2. The molecule has 0 spiro atoms. The topological polar surface area (TPSA) is 35.6 Å². The van der Waals surface area contributed by atoms with Crippen molar-refractivity contribution in [1.29, 1.82) is 0 Å². The SMILES string of the molecule is O=C(CN1CCCCC1CNC1CC1)N1CCCCCC1. The molecule has 2 heterocycles. The zero-order chi connectivity index (χ0) is 14.5. The number of amides is 1. The van der Waals surface area contributed by atoms with E-state index in [-0.39, 0.29) is 0 Å². The largest absolute Gasteiger partial charge is 0.342 e. The Morgan fingerprint density at radius 3 is 2.33 bits per heavy atom. The molecule has 4 heteroatoms. The molecule has 3 fully saturated rings. The van der Waals surface area contributed by atoms with Crippen LogP contribution >= 0.6 is 0 Å². The Balaban J connectivity index is 1.48. The maximum Gasteiger partial charge on any atom is 0.236 e. The van der Waals surface area contributed by atoms with Crippen molar-refractivity contribution < 1.29 is 4.79 Å². The molecule has 0 aromatic carbocycles. The van der Waals surface area contributed by atoms with Gasteiger partial charge in [-0.25, -0.2) is 0 Å². The van der Waals surface area contributed by atoms with Gasteiger partial charge < -0.3 is 10.2 Å². The minimum absolute atomic E-state index is 0.371. The smallest absolute Gasteiger partial charge is 0.236 e. The molecular weight excluding hydrogens is 262 g/mol. The van der Waals surface area contributed by atoms with Gasteiger partial charge in [0.2, 0.25) is 5.91 Å². The third-order valence-electron chi connectivity index (χ3n) is 5.27. The van der Waals surface area contributed by atoms with Crippen molar-refractivity contribution in [2.45, 2.75) is 69.9 Å². The number of likely N-dealkylation sites (tertiary alicyclic amines) is 2. The first kappa shape index (κ1) is 15.3. The van der Waals surface area contributed by atoms with Crippen LogP contribution < -0.4 is 5.32 Å². The van der Waals surface area contributed by atoms with Crippen molar-refractivity contribution in [2.24, 2.45) is 0 Å². The van der Waals surface area contributed by atoms with Crippen molar-refractivity contribution >= 4 is 5.91 Å². The van der Waals surface area contributed by atoms with E-state index < -0.39 is 0 Å². The normalized spacial score (nSPS) is 28.4. The molecule has 0 radical (unpaired) electrons. The quantitative estimate of drug-likeness (QED) is 0.842. The number of hydrogen-bond acceptors (Lipinski definition) is 3. The average molecular weight is 293 g/mol. The second kappa shape index (κ2) is 7.59. The monoisotopic (exact) mass is 293 g/mol. The average Bonchev–Trinajstić information content (AvgIpc) is 3.33. The molecule has 4 nitrogen and oxygen atoms in total. The molecule has 3 aliphatic rings. The van der Waals surface area contributed by atoms with Crippen molar-refractivity contribution in [2.75, 3.05) is 32.7 Å². The fraction of sp³-hybridized carbons (Fsp3) is 0.941. The molecule has 1 unspecified atom stereocenters. The van der Waals surface area contributed by atoms with Crippen molar-refractivity contribution in [3.8, 4) is 0 Å². The van der Waals surface area contributed by atoms with Crippen LogP contribution in [-0.2, 0) is 4.79 Å². The Morgan fingerprint density at radius 2 is 1.62 bits per heavy atom. The van der Waals surface area contributed by atoms with Gasteiger partial charge in [0.05, 0.1) is 6.54 Å². The summed E-state index contributed by atoms with van der Waals surface area (Å²) in [5.74, 6) is 0.371. The molecule has 21 heavy (non-hydrogen) atoms. The van der Waals surface area contributed by atoms with E-state index in [1.807, 2.05) is 0 Å². The molecule has 0 aromatic rings. The van der Waals surface area contributed by atoms with Crippen LogP contribution in [0.4, 0.5) is 0 Å². The summed E-state index contributed by atoms with van der Waals surface area (Å²) in [5, 5.41) is 3.65. The minimum atomic E-state index is 0.371. The fourth-order valence-electron chi connectivity index (χ4n) is 3.68. The summed E-state index contributed by atoms with van der Waals surface area (Å²) in [6.07, 6.45) is 11.5. The maximum absolute atomic E-state index is 12.6. The molecular formula is C17H31N3O. The first-order valence-corrected chi connectivity index (χ1v) is 9.08. The van der Waals surface area contributed by atoms with Crippen LogP contribution in [0.25, 0.3) is 0 Å². The first-order valence-electron chi connectivity index (χ1n) is 9.08. The Hall–Kier alpha value is -0.610. The molecule has 1 saturated carbocycles. The number of carbonyl (C=O) groups is 1. The summed E-state index contributed by atoms with van der Waals surface area (Å²) >= 11 is 0. The lowest BCUT2D eigenvalue weighted by molar-refractivity contribution is -0.133. The Kier molecular flexibility index (Phi) is 5.53. The fourth-order valence-corrected chi connectivity index (χ4v) is 3.68. The molecule has 1 aliphatic carbocycles. The van der Waals surface area contributed by atoms with E-state index >= 15 is 0 Å². The van der Waals surface area contributed by atoms with E-state index in [2.05, 4.69) is 15.1 Å². The molecule has 0 aromatic heterocycles. The number of piperidine rings is 1. The lowest BCUT2D eigenvalue weighted by Gasteiger charge is -2.36. The van der Waals surface area contributed by atoms with Gasteiger partial charge in [0, 0.05) is 31.7 Å². The van der Waals surface area contributed by atoms with E-state index in [1.54, 1.807) is 0 Å². The molecule has 1 N–H and O–H groups in total. The Labute approximate surface area is 129 Å². The van der Waals surface area contributed by atoms with Crippen LogP contribution in [0, 0.1) is 0 Å². The van der Waals surface area contributed by atoms with Crippen LogP contribution in [0.15, 0.2) is 0 Å². The van der Waals surface area contributed by atoms with Crippen LogP contribution in [-0.4, -0.2) is 60.5 Å². The van der Waals surface area contributed by atoms with Crippen molar-refractivity contribution in [1.82, 2.24) is 15.1 Å². The van der Waals surface area contributed by atoms with Gasteiger partial charge in [0.25, 0.3) is 0 Å². The lowest BCUT2D eigenvalue weighted by Crippen LogP contribution is -2.50. The second-order valence-corrected chi connectivity index (χ2v) is 7.10. The lowest BCUT2D eigenvalue weighted by atomic mass is 10.0. The van der Waals surface area contributed by atoms with Gasteiger partial charge in [0.15, 0.2) is 0 Å². The molecule has 120 valence electrons. The summed E-state index contributed by atoms with van der Waals surface area (Å²) in [4.78, 5) is 17.1. The first-order chi connectivity index (χ1) is 10.3. The number of carbonyl (C=O) groups excluding carboxylic acids is 1. The molecule has 0 bridgehead atoms. The molecule has 1 amide bonds. The highest BCUT2D eigenvalue weighted by Gasteiger charge is 2.28. The molecule has 1 atom stereocenters. The maximum atomic E-state index is 12.6. The zero-order valence-electron chi connectivity index (χ0n) is 13.4. The van der Waals surface area contributed by atoms with E-state index in [4.69, 9.17) is 0 Å². The highest BCUT2D eigenvalue weighted by Crippen LogP contribution is 2.21. The Bertz CT molecular complexity index is 335. The molecule has 3 rings (SSSR count). The van der Waals surface area contributed by atoms with Crippen molar-refractivity contribution in [3.63, 3.8) is 0 Å². The van der Waals surface area contributed by atoms with Crippen LogP contribution in [0.2, 0.25) is 0 Å². The zero-order valence-corrected chi connectivity index (χ0v) is 13.4.